The van der Waals surface area contributed by atoms with Gasteiger partial charge in [-0.3, -0.25) is 4.79 Å². The molecule has 0 aromatic heterocycles. The lowest BCUT2D eigenvalue weighted by Gasteiger charge is -2.15. The van der Waals surface area contributed by atoms with Gasteiger partial charge in [-0.25, -0.2) is 0 Å². The molecule has 0 saturated heterocycles. The minimum Gasteiger partial charge on any atom is -0.493 e. The smallest absolute Gasteiger partial charge is 0.246 e. The van der Waals surface area contributed by atoms with Crippen molar-refractivity contribution in [2.24, 2.45) is 0 Å². The summed E-state index contributed by atoms with van der Waals surface area (Å²) in [4.78, 5) is 13.7. The summed E-state index contributed by atoms with van der Waals surface area (Å²) in [7, 11) is 3.43. The molecule has 1 amide bonds. The van der Waals surface area contributed by atoms with Crippen LogP contribution in [0.4, 0.5) is 0 Å². The van der Waals surface area contributed by atoms with Gasteiger partial charge in [0, 0.05) is 19.7 Å². The zero-order valence-corrected chi connectivity index (χ0v) is 14.3. The third kappa shape index (κ3) is 5.80. The number of rotatable bonds is 8. The Morgan fingerprint density at radius 2 is 2.05 bits per heavy atom. The Kier molecular flexibility index (Phi) is 7.50. The Morgan fingerprint density at radius 1 is 1.32 bits per heavy atom. The normalized spacial score (nSPS) is 11.0. The average Bonchev–Trinajstić information content (AvgIpc) is 2.50. The molecule has 0 aliphatic heterocycles. The van der Waals surface area contributed by atoms with Crippen molar-refractivity contribution < 1.29 is 14.3 Å². The summed E-state index contributed by atoms with van der Waals surface area (Å²) in [6.45, 7) is 6.83. The van der Waals surface area contributed by atoms with E-state index in [2.05, 4.69) is 6.92 Å². The molecule has 22 heavy (non-hydrogen) atoms. The van der Waals surface area contributed by atoms with Gasteiger partial charge in [0.05, 0.1) is 13.2 Å². The minimum atomic E-state index is 0.00919. The summed E-state index contributed by atoms with van der Waals surface area (Å²) in [6, 6.07) is 5.65. The second-order valence-corrected chi connectivity index (χ2v) is 5.52. The predicted octanol–water partition coefficient (Wildman–Crippen LogP) is 3.75. The second kappa shape index (κ2) is 9.13. The van der Waals surface area contributed by atoms with E-state index in [0.29, 0.717) is 11.5 Å². The number of carbonyl (C=O) groups excluding carboxylic acids is 1. The number of carbonyl (C=O) groups is 1. The third-order valence-electron chi connectivity index (χ3n) is 3.19. The number of methoxy groups -OCH3 is 1. The fourth-order valence-electron chi connectivity index (χ4n) is 1.94. The molecular formula is C18H27NO3. The summed E-state index contributed by atoms with van der Waals surface area (Å²) >= 11 is 0. The van der Waals surface area contributed by atoms with Crippen LogP contribution in [0.25, 0.3) is 6.08 Å². The summed E-state index contributed by atoms with van der Waals surface area (Å²) in [5, 5.41) is 0. The Bertz CT molecular complexity index is 509. The van der Waals surface area contributed by atoms with Crippen LogP contribution in [0.15, 0.2) is 24.3 Å². The van der Waals surface area contributed by atoms with Crippen molar-refractivity contribution >= 4 is 12.0 Å². The van der Waals surface area contributed by atoms with Crippen LogP contribution < -0.4 is 9.47 Å². The first-order valence-electron chi connectivity index (χ1n) is 7.75. The van der Waals surface area contributed by atoms with Gasteiger partial charge in [-0.2, -0.15) is 0 Å². The molecule has 0 unspecified atom stereocenters. The average molecular weight is 305 g/mol. The number of amides is 1. The molecular weight excluding hydrogens is 278 g/mol. The predicted molar refractivity (Wildman–Crippen MR) is 90.3 cm³/mol. The molecule has 1 rings (SSSR count). The van der Waals surface area contributed by atoms with Crippen molar-refractivity contribution in [1.82, 2.24) is 4.90 Å². The molecule has 0 fully saturated rings. The van der Waals surface area contributed by atoms with Gasteiger partial charge in [0.1, 0.15) is 0 Å². The van der Waals surface area contributed by atoms with Gasteiger partial charge in [-0.1, -0.05) is 19.4 Å². The summed E-state index contributed by atoms with van der Waals surface area (Å²) in [5.41, 5.74) is 0.908. The van der Waals surface area contributed by atoms with Crippen molar-refractivity contribution in [3.63, 3.8) is 0 Å². The third-order valence-corrected chi connectivity index (χ3v) is 3.19. The SMILES string of the molecule is CCCCN(C)C(=O)C=Cc1ccc(OC(C)C)c(OC)c1. The Morgan fingerprint density at radius 3 is 2.64 bits per heavy atom. The molecule has 0 heterocycles. The highest BCUT2D eigenvalue weighted by Crippen LogP contribution is 2.29. The molecule has 0 bridgehead atoms. The standard InChI is InChI=1S/C18H27NO3/c1-6-7-12-19(4)18(20)11-9-15-8-10-16(22-14(2)3)17(13-15)21-5/h8-11,13-14H,6-7,12H2,1-5H3. The Balaban J connectivity index is 2.77. The van der Waals surface area contributed by atoms with Gasteiger partial charge >= 0.3 is 0 Å². The quantitative estimate of drug-likeness (QED) is 0.687. The lowest BCUT2D eigenvalue weighted by atomic mass is 10.2. The summed E-state index contributed by atoms with van der Waals surface area (Å²) < 4.78 is 11.0. The minimum absolute atomic E-state index is 0.00919. The van der Waals surface area contributed by atoms with Crippen LogP contribution in [0, 0.1) is 0 Å². The number of benzene rings is 1. The van der Waals surface area contributed by atoms with E-state index in [1.807, 2.05) is 39.1 Å². The monoisotopic (exact) mass is 305 g/mol. The first-order chi connectivity index (χ1) is 10.5. The van der Waals surface area contributed by atoms with E-state index >= 15 is 0 Å². The first-order valence-corrected chi connectivity index (χ1v) is 7.75. The maximum atomic E-state index is 12.0. The number of ether oxygens (including phenoxy) is 2. The second-order valence-electron chi connectivity index (χ2n) is 5.52. The van der Waals surface area contributed by atoms with E-state index in [1.54, 1.807) is 24.2 Å². The van der Waals surface area contributed by atoms with Crippen molar-refractivity contribution in [2.45, 2.75) is 39.7 Å². The number of likely N-dealkylation sites (N-methyl/N-ethyl adjacent to an activating group) is 1. The van der Waals surface area contributed by atoms with E-state index in [-0.39, 0.29) is 12.0 Å². The fourth-order valence-corrected chi connectivity index (χ4v) is 1.94. The van der Waals surface area contributed by atoms with Gasteiger partial charge in [0.25, 0.3) is 0 Å². The lowest BCUT2D eigenvalue weighted by Crippen LogP contribution is -2.25. The highest BCUT2D eigenvalue weighted by molar-refractivity contribution is 5.91. The van der Waals surface area contributed by atoms with E-state index in [9.17, 15) is 4.79 Å². The topological polar surface area (TPSA) is 38.8 Å². The highest BCUT2D eigenvalue weighted by Gasteiger charge is 2.07. The molecule has 0 spiro atoms. The largest absolute Gasteiger partial charge is 0.493 e. The van der Waals surface area contributed by atoms with Crippen molar-refractivity contribution in [3.8, 4) is 11.5 Å². The molecule has 4 nitrogen and oxygen atoms in total. The van der Waals surface area contributed by atoms with Gasteiger partial charge in [-0.15, -0.1) is 0 Å². The molecule has 122 valence electrons. The summed E-state index contributed by atoms with van der Waals surface area (Å²) in [5.74, 6) is 1.39. The number of hydrogen-bond donors (Lipinski definition) is 0. The number of unbranched alkanes of at least 4 members (excludes halogenated alkanes) is 1. The molecule has 4 heteroatoms. The molecule has 0 aliphatic rings. The maximum Gasteiger partial charge on any atom is 0.246 e. The Hall–Kier alpha value is -1.97. The number of hydrogen-bond acceptors (Lipinski definition) is 3. The molecule has 0 atom stereocenters. The zero-order chi connectivity index (χ0) is 16.5. The van der Waals surface area contributed by atoms with Crippen molar-refractivity contribution in [2.75, 3.05) is 20.7 Å². The van der Waals surface area contributed by atoms with Crippen LogP contribution in [0.3, 0.4) is 0 Å². The van der Waals surface area contributed by atoms with Gasteiger partial charge in [0.15, 0.2) is 11.5 Å². The van der Waals surface area contributed by atoms with Crippen molar-refractivity contribution in [3.05, 3.63) is 29.8 Å². The van der Waals surface area contributed by atoms with E-state index < -0.39 is 0 Å². The molecule has 0 saturated carbocycles. The highest BCUT2D eigenvalue weighted by atomic mass is 16.5. The van der Waals surface area contributed by atoms with Crippen LogP contribution in [-0.2, 0) is 4.79 Å². The number of nitrogens with zero attached hydrogens (tertiary/aromatic N) is 1. The molecule has 0 aliphatic carbocycles. The molecule has 0 radical (unpaired) electrons. The van der Waals surface area contributed by atoms with Crippen LogP contribution in [0.5, 0.6) is 11.5 Å². The first kappa shape index (κ1) is 18.1. The van der Waals surface area contributed by atoms with Gasteiger partial charge in [-0.05, 0) is 44.0 Å². The van der Waals surface area contributed by atoms with Gasteiger partial charge < -0.3 is 14.4 Å². The van der Waals surface area contributed by atoms with Crippen LogP contribution in [-0.4, -0.2) is 37.6 Å². The lowest BCUT2D eigenvalue weighted by molar-refractivity contribution is -0.124. The zero-order valence-electron chi connectivity index (χ0n) is 14.3. The van der Waals surface area contributed by atoms with E-state index in [4.69, 9.17) is 9.47 Å². The summed E-state index contributed by atoms with van der Waals surface area (Å²) in [6.07, 6.45) is 5.57. The van der Waals surface area contributed by atoms with E-state index in [0.717, 1.165) is 24.9 Å². The van der Waals surface area contributed by atoms with Crippen molar-refractivity contribution in [1.29, 1.82) is 0 Å². The van der Waals surface area contributed by atoms with Gasteiger partial charge in [0.2, 0.25) is 5.91 Å². The van der Waals surface area contributed by atoms with Crippen LogP contribution in [0.2, 0.25) is 0 Å². The van der Waals surface area contributed by atoms with E-state index in [1.165, 1.54) is 0 Å². The van der Waals surface area contributed by atoms with Crippen LogP contribution >= 0.6 is 0 Å². The molecule has 0 N–H and O–H groups in total. The van der Waals surface area contributed by atoms with Crippen LogP contribution in [0.1, 0.15) is 39.2 Å². The maximum absolute atomic E-state index is 12.0. The molecule has 1 aromatic carbocycles. The fraction of sp³-hybridized carbons (Fsp3) is 0.500. The molecule has 1 aromatic rings. The Labute approximate surface area is 133 Å².